The summed E-state index contributed by atoms with van der Waals surface area (Å²) in [6.07, 6.45) is 1.27. The van der Waals surface area contributed by atoms with Crippen LogP contribution in [0.3, 0.4) is 0 Å². The van der Waals surface area contributed by atoms with Crippen LogP contribution < -0.4 is 0 Å². The molecule has 1 aliphatic rings. The Hall–Kier alpha value is -0.190. The summed E-state index contributed by atoms with van der Waals surface area (Å²) in [5.74, 6) is 0.787. The molecule has 0 amide bonds. The lowest BCUT2D eigenvalue weighted by atomic mass is 10.1. The van der Waals surface area contributed by atoms with E-state index in [2.05, 4.69) is 28.3 Å². The highest BCUT2D eigenvalue weighted by molar-refractivity contribution is 7.10. The van der Waals surface area contributed by atoms with Crippen LogP contribution in [0.2, 0.25) is 4.34 Å². The summed E-state index contributed by atoms with van der Waals surface area (Å²) in [6, 6.07) is 0.641. The number of hydrogen-bond acceptors (Lipinski definition) is 4. The molecule has 2 unspecified atom stereocenters. The Balaban J connectivity index is 2.01. The quantitative estimate of drug-likeness (QED) is 0.783. The zero-order valence-electron chi connectivity index (χ0n) is 8.40. The number of aromatic nitrogens is 2. The molecular formula is C9H14ClN3S. The minimum absolute atomic E-state index is 0.641. The molecule has 0 aromatic carbocycles. The zero-order valence-corrected chi connectivity index (χ0v) is 9.98. The molecule has 0 spiro atoms. The first-order valence-corrected chi connectivity index (χ1v) is 6.02. The Bertz CT molecular complexity index is 315. The highest BCUT2D eigenvalue weighted by Crippen LogP contribution is 2.26. The van der Waals surface area contributed by atoms with Crippen molar-refractivity contribution in [1.29, 1.82) is 0 Å². The maximum absolute atomic E-state index is 5.97. The van der Waals surface area contributed by atoms with Crippen molar-refractivity contribution in [2.24, 2.45) is 5.92 Å². The average Bonchev–Trinajstić information content (AvgIpc) is 2.62. The zero-order chi connectivity index (χ0) is 10.1. The van der Waals surface area contributed by atoms with Gasteiger partial charge in [-0.15, -0.1) is 5.10 Å². The molecule has 0 radical (unpaired) electrons. The normalized spacial score (nSPS) is 28.5. The van der Waals surface area contributed by atoms with E-state index in [4.69, 9.17) is 11.6 Å². The standard InChI is InChI=1S/C9H14ClN3S/c1-6-3-7(2)13(4-6)5-8-9(10)14-12-11-8/h6-7H,3-5H2,1-2H3. The van der Waals surface area contributed by atoms with Crippen LogP contribution in [-0.2, 0) is 6.54 Å². The lowest BCUT2D eigenvalue weighted by Crippen LogP contribution is -2.26. The van der Waals surface area contributed by atoms with Crippen LogP contribution in [0.15, 0.2) is 0 Å². The van der Waals surface area contributed by atoms with Crippen molar-refractivity contribution in [1.82, 2.24) is 14.5 Å². The van der Waals surface area contributed by atoms with E-state index in [9.17, 15) is 0 Å². The van der Waals surface area contributed by atoms with E-state index in [0.717, 1.165) is 29.0 Å². The third kappa shape index (κ3) is 2.07. The lowest BCUT2D eigenvalue weighted by molar-refractivity contribution is 0.253. The Kier molecular flexibility index (Phi) is 3.04. The number of hydrogen-bond donors (Lipinski definition) is 0. The SMILES string of the molecule is CC1CC(C)N(Cc2nnsc2Cl)C1. The third-order valence-corrected chi connectivity index (χ3v) is 3.76. The highest BCUT2D eigenvalue weighted by Gasteiger charge is 2.27. The Labute approximate surface area is 93.2 Å². The molecule has 14 heavy (non-hydrogen) atoms. The van der Waals surface area contributed by atoms with E-state index in [1.165, 1.54) is 18.0 Å². The maximum atomic E-state index is 5.97. The summed E-state index contributed by atoms with van der Waals surface area (Å²) in [7, 11) is 0. The molecule has 0 aliphatic carbocycles. The molecule has 0 bridgehead atoms. The van der Waals surface area contributed by atoms with Gasteiger partial charge in [0.2, 0.25) is 0 Å². The van der Waals surface area contributed by atoms with Crippen molar-refractivity contribution in [3.8, 4) is 0 Å². The summed E-state index contributed by atoms with van der Waals surface area (Å²) in [4.78, 5) is 2.42. The van der Waals surface area contributed by atoms with Gasteiger partial charge in [0, 0.05) is 30.7 Å². The van der Waals surface area contributed by atoms with Gasteiger partial charge in [0.1, 0.15) is 10.0 Å². The van der Waals surface area contributed by atoms with E-state index in [-0.39, 0.29) is 0 Å². The molecular weight excluding hydrogens is 218 g/mol. The van der Waals surface area contributed by atoms with Gasteiger partial charge in [0.25, 0.3) is 0 Å². The van der Waals surface area contributed by atoms with Gasteiger partial charge in [0.15, 0.2) is 0 Å². The summed E-state index contributed by atoms with van der Waals surface area (Å²) >= 11 is 7.24. The molecule has 1 aliphatic heterocycles. The van der Waals surface area contributed by atoms with E-state index in [1.807, 2.05) is 0 Å². The van der Waals surface area contributed by atoms with E-state index >= 15 is 0 Å². The van der Waals surface area contributed by atoms with Crippen molar-refractivity contribution in [2.75, 3.05) is 6.54 Å². The molecule has 5 heteroatoms. The van der Waals surface area contributed by atoms with Gasteiger partial charge in [-0.1, -0.05) is 23.0 Å². The monoisotopic (exact) mass is 231 g/mol. The predicted octanol–water partition coefficient (Wildman–Crippen LogP) is 2.42. The third-order valence-electron chi connectivity index (χ3n) is 2.78. The van der Waals surface area contributed by atoms with Gasteiger partial charge < -0.3 is 0 Å². The first kappa shape index (κ1) is 10.3. The number of halogens is 1. The Morgan fingerprint density at radius 2 is 2.36 bits per heavy atom. The highest BCUT2D eigenvalue weighted by atomic mass is 35.5. The molecule has 78 valence electrons. The number of rotatable bonds is 2. The molecule has 2 atom stereocenters. The maximum Gasteiger partial charge on any atom is 0.138 e. The smallest absolute Gasteiger partial charge is 0.138 e. The van der Waals surface area contributed by atoms with Crippen LogP contribution in [-0.4, -0.2) is 27.1 Å². The van der Waals surface area contributed by atoms with Crippen LogP contribution in [0.1, 0.15) is 26.0 Å². The van der Waals surface area contributed by atoms with Gasteiger partial charge in [-0.2, -0.15) is 0 Å². The molecule has 1 fully saturated rings. The van der Waals surface area contributed by atoms with E-state index in [1.54, 1.807) is 0 Å². The summed E-state index contributed by atoms with van der Waals surface area (Å²) in [5.41, 5.74) is 0.928. The molecule has 1 aromatic rings. The molecule has 3 nitrogen and oxygen atoms in total. The first-order valence-electron chi connectivity index (χ1n) is 4.87. The first-order chi connectivity index (χ1) is 6.66. The van der Waals surface area contributed by atoms with Crippen LogP contribution in [0, 0.1) is 5.92 Å². The van der Waals surface area contributed by atoms with E-state index < -0.39 is 0 Å². The summed E-state index contributed by atoms with van der Waals surface area (Å²) in [5, 5.41) is 4.03. The summed E-state index contributed by atoms with van der Waals surface area (Å²) in [6.45, 7) is 6.55. The molecule has 0 saturated carbocycles. The van der Waals surface area contributed by atoms with E-state index in [0.29, 0.717) is 6.04 Å². The topological polar surface area (TPSA) is 29.0 Å². The minimum Gasteiger partial charge on any atom is -0.294 e. The van der Waals surface area contributed by atoms with Crippen molar-refractivity contribution >= 4 is 23.1 Å². The van der Waals surface area contributed by atoms with Crippen LogP contribution in [0.4, 0.5) is 0 Å². The average molecular weight is 232 g/mol. The number of likely N-dealkylation sites (tertiary alicyclic amines) is 1. The minimum atomic E-state index is 0.641. The van der Waals surface area contributed by atoms with Crippen molar-refractivity contribution in [3.05, 3.63) is 10.0 Å². The molecule has 1 saturated heterocycles. The lowest BCUT2D eigenvalue weighted by Gasteiger charge is -2.19. The molecule has 2 heterocycles. The molecule has 1 aromatic heterocycles. The van der Waals surface area contributed by atoms with Crippen LogP contribution >= 0.6 is 23.1 Å². The fraction of sp³-hybridized carbons (Fsp3) is 0.778. The molecule has 2 rings (SSSR count). The van der Waals surface area contributed by atoms with Gasteiger partial charge in [-0.3, -0.25) is 4.90 Å². The predicted molar refractivity (Wildman–Crippen MR) is 58.6 cm³/mol. The summed E-state index contributed by atoms with van der Waals surface area (Å²) < 4.78 is 4.57. The second-order valence-corrected chi connectivity index (χ2v) is 5.47. The Morgan fingerprint density at radius 3 is 2.86 bits per heavy atom. The van der Waals surface area contributed by atoms with Gasteiger partial charge in [-0.05, 0) is 19.3 Å². The molecule has 0 N–H and O–H groups in total. The largest absolute Gasteiger partial charge is 0.294 e. The van der Waals surface area contributed by atoms with Crippen molar-refractivity contribution < 1.29 is 0 Å². The number of nitrogens with zero attached hydrogens (tertiary/aromatic N) is 3. The second kappa shape index (κ2) is 4.13. The van der Waals surface area contributed by atoms with Gasteiger partial charge in [-0.25, -0.2) is 0 Å². The van der Waals surface area contributed by atoms with Crippen LogP contribution in [0.5, 0.6) is 0 Å². The van der Waals surface area contributed by atoms with Crippen molar-refractivity contribution in [2.45, 2.75) is 32.9 Å². The Morgan fingerprint density at radius 1 is 1.57 bits per heavy atom. The van der Waals surface area contributed by atoms with Gasteiger partial charge in [0.05, 0.1) is 0 Å². The fourth-order valence-corrected chi connectivity index (χ4v) is 2.70. The fourth-order valence-electron chi connectivity index (χ4n) is 2.09. The van der Waals surface area contributed by atoms with Crippen molar-refractivity contribution in [3.63, 3.8) is 0 Å². The second-order valence-electron chi connectivity index (χ2n) is 4.11. The van der Waals surface area contributed by atoms with Crippen LogP contribution in [0.25, 0.3) is 0 Å². The van der Waals surface area contributed by atoms with Gasteiger partial charge >= 0.3 is 0 Å².